The minimum atomic E-state index is -0.511. The standard InChI is InChI=1S/C18H24N6O3/c1-3-27-14-6-4-13(5-7-14)20-18-21-16(19)15(24(25)26)17(22-18)23-10-8-12(2)9-11-23/h4-7,12H,3,8-11H2,1-2H3,(H3,19,20,21,22). The number of aromatic nitrogens is 2. The molecule has 1 fully saturated rings. The molecule has 0 saturated carbocycles. The first-order chi connectivity index (χ1) is 13.0. The highest BCUT2D eigenvalue weighted by Crippen LogP contribution is 2.34. The Bertz CT molecular complexity index is 803. The van der Waals surface area contributed by atoms with Gasteiger partial charge in [0.25, 0.3) is 0 Å². The van der Waals surface area contributed by atoms with Crippen molar-refractivity contribution in [2.24, 2.45) is 5.92 Å². The van der Waals surface area contributed by atoms with Gasteiger partial charge in [-0.1, -0.05) is 6.92 Å². The Labute approximate surface area is 157 Å². The van der Waals surface area contributed by atoms with Crippen LogP contribution in [0.2, 0.25) is 0 Å². The molecule has 1 aliphatic heterocycles. The summed E-state index contributed by atoms with van der Waals surface area (Å²) in [4.78, 5) is 21.4. The van der Waals surface area contributed by atoms with Crippen molar-refractivity contribution < 1.29 is 9.66 Å². The van der Waals surface area contributed by atoms with Gasteiger partial charge >= 0.3 is 5.69 Å². The van der Waals surface area contributed by atoms with Crippen LogP contribution in [-0.4, -0.2) is 34.6 Å². The van der Waals surface area contributed by atoms with Crippen LogP contribution in [0, 0.1) is 16.0 Å². The zero-order valence-corrected chi connectivity index (χ0v) is 15.5. The molecule has 0 bridgehead atoms. The lowest BCUT2D eigenvalue weighted by Crippen LogP contribution is -2.34. The average Bonchev–Trinajstić information content (AvgIpc) is 2.63. The number of nitrogens with zero attached hydrogens (tertiary/aromatic N) is 4. The van der Waals surface area contributed by atoms with E-state index in [1.807, 2.05) is 36.1 Å². The minimum Gasteiger partial charge on any atom is -0.494 e. The first-order valence-electron chi connectivity index (χ1n) is 9.04. The molecule has 0 unspecified atom stereocenters. The third-order valence-electron chi connectivity index (χ3n) is 4.58. The van der Waals surface area contributed by atoms with Gasteiger partial charge in [0.2, 0.25) is 17.6 Å². The molecule has 0 atom stereocenters. The van der Waals surface area contributed by atoms with E-state index in [0.29, 0.717) is 25.6 Å². The zero-order chi connectivity index (χ0) is 19.4. The van der Waals surface area contributed by atoms with E-state index in [4.69, 9.17) is 10.5 Å². The van der Waals surface area contributed by atoms with Crippen molar-refractivity contribution in [3.63, 3.8) is 0 Å². The molecule has 27 heavy (non-hydrogen) atoms. The molecule has 1 aliphatic rings. The summed E-state index contributed by atoms with van der Waals surface area (Å²) in [7, 11) is 0. The van der Waals surface area contributed by atoms with Gasteiger partial charge in [-0.2, -0.15) is 9.97 Å². The summed E-state index contributed by atoms with van der Waals surface area (Å²) in [6.07, 6.45) is 1.92. The average molecular weight is 372 g/mol. The molecule has 0 aliphatic carbocycles. The Hall–Kier alpha value is -3.10. The number of benzene rings is 1. The maximum atomic E-state index is 11.5. The Morgan fingerprint density at radius 2 is 1.96 bits per heavy atom. The minimum absolute atomic E-state index is 0.142. The van der Waals surface area contributed by atoms with E-state index in [9.17, 15) is 10.1 Å². The fourth-order valence-electron chi connectivity index (χ4n) is 3.06. The smallest absolute Gasteiger partial charge is 0.353 e. The number of rotatable bonds is 6. The Morgan fingerprint density at radius 1 is 1.30 bits per heavy atom. The number of ether oxygens (including phenoxy) is 1. The summed E-state index contributed by atoms with van der Waals surface area (Å²) in [6.45, 7) is 6.11. The van der Waals surface area contributed by atoms with Gasteiger partial charge in [-0.05, 0) is 49.9 Å². The summed E-state index contributed by atoms with van der Waals surface area (Å²) in [5.41, 5.74) is 6.40. The highest BCUT2D eigenvalue weighted by atomic mass is 16.6. The Kier molecular flexibility index (Phi) is 5.58. The molecule has 2 heterocycles. The third kappa shape index (κ3) is 4.36. The van der Waals surface area contributed by atoms with E-state index < -0.39 is 4.92 Å². The molecule has 9 heteroatoms. The van der Waals surface area contributed by atoms with Crippen LogP contribution in [0.15, 0.2) is 24.3 Å². The highest BCUT2D eigenvalue weighted by molar-refractivity contribution is 5.72. The molecule has 0 spiro atoms. The molecular weight excluding hydrogens is 348 g/mol. The van der Waals surface area contributed by atoms with Gasteiger partial charge in [-0.3, -0.25) is 10.1 Å². The largest absolute Gasteiger partial charge is 0.494 e. The normalized spacial score (nSPS) is 14.8. The fourth-order valence-corrected chi connectivity index (χ4v) is 3.06. The van der Waals surface area contributed by atoms with Crippen LogP contribution in [0.5, 0.6) is 5.75 Å². The van der Waals surface area contributed by atoms with Gasteiger partial charge in [0, 0.05) is 18.8 Å². The summed E-state index contributed by atoms with van der Waals surface area (Å²) in [5.74, 6) is 1.72. The van der Waals surface area contributed by atoms with Crippen LogP contribution in [0.1, 0.15) is 26.7 Å². The van der Waals surface area contributed by atoms with Crippen LogP contribution < -0.4 is 20.7 Å². The molecular formula is C18H24N6O3. The molecule has 3 N–H and O–H groups in total. The number of nitrogens with two attached hydrogens (primary N) is 1. The molecule has 1 saturated heterocycles. The van der Waals surface area contributed by atoms with Gasteiger partial charge in [0.1, 0.15) is 5.75 Å². The van der Waals surface area contributed by atoms with E-state index >= 15 is 0 Å². The summed E-state index contributed by atoms with van der Waals surface area (Å²) < 4.78 is 5.42. The van der Waals surface area contributed by atoms with Gasteiger partial charge in [-0.15, -0.1) is 0 Å². The maximum absolute atomic E-state index is 11.5. The van der Waals surface area contributed by atoms with Crippen molar-refractivity contribution >= 4 is 29.0 Å². The van der Waals surface area contributed by atoms with Crippen LogP contribution in [-0.2, 0) is 0 Å². The van der Waals surface area contributed by atoms with Crippen molar-refractivity contribution in [3.8, 4) is 5.75 Å². The molecule has 0 radical (unpaired) electrons. The van der Waals surface area contributed by atoms with E-state index in [-0.39, 0.29) is 23.3 Å². The molecule has 3 rings (SSSR count). The second kappa shape index (κ2) is 8.07. The maximum Gasteiger partial charge on any atom is 0.353 e. The lowest BCUT2D eigenvalue weighted by Gasteiger charge is -2.31. The quantitative estimate of drug-likeness (QED) is 0.585. The zero-order valence-electron chi connectivity index (χ0n) is 15.5. The molecule has 0 amide bonds. The number of nitrogen functional groups attached to an aromatic ring is 1. The molecule has 144 valence electrons. The van der Waals surface area contributed by atoms with Crippen molar-refractivity contribution in [2.45, 2.75) is 26.7 Å². The number of piperidine rings is 1. The molecule has 1 aromatic carbocycles. The van der Waals surface area contributed by atoms with E-state index in [1.165, 1.54) is 0 Å². The Morgan fingerprint density at radius 3 is 2.56 bits per heavy atom. The Balaban J connectivity index is 1.88. The summed E-state index contributed by atoms with van der Waals surface area (Å²) in [6, 6.07) is 7.31. The van der Waals surface area contributed by atoms with Gasteiger partial charge in [0.05, 0.1) is 11.5 Å². The number of nitrogens with one attached hydrogen (secondary N) is 1. The first-order valence-corrected chi connectivity index (χ1v) is 9.04. The predicted octanol–water partition coefficient (Wildman–Crippen LogP) is 3.35. The second-order valence-electron chi connectivity index (χ2n) is 6.61. The lowest BCUT2D eigenvalue weighted by atomic mass is 9.99. The van der Waals surface area contributed by atoms with E-state index in [1.54, 1.807) is 0 Å². The number of hydrogen-bond acceptors (Lipinski definition) is 8. The van der Waals surface area contributed by atoms with Gasteiger partial charge in [-0.25, -0.2) is 0 Å². The van der Waals surface area contributed by atoms with Crippen LogP contribution in [0.4, 0.5) is 29.0 Å². The topological polar surface area (TPSA) is 119 Å². The first kappa shape index (κ1) is 18.7. The van der Waals surface area contributed by atoms with Crippen molar-refractivity contribution in [1.82, 2.24) is 9.97 Å². The van der Waals surface area contributed by atoms with Crippen LogP contribution in [0.3, 0.4) is 0 Å². The number of nitro groups is 1. The summed E-state index contributed by atoms with van der Waals surface area (Å²) in [5, 5.41) is 14.6. The van der Waals surface area contributed by atoms with Crippen molar-refractivity contribution in [1.29, 1.82) is 0 Å². The van der Waals surface area contributed by atoms with Crippen molar-refractivity contribution in [3.05, 3.63) is 34.4 Å². The third-order valence-corrected chi connectivity index (χ3v) is 4.58. The lowest BCUT2D eigenvalue weighted by molar-refractivity contribution is -0.383. The molecule has 1 aromatic heterocycles. The molecule has 9 nitrogen and oxygen atoms in total. The second-order valence-corrected chi connectivity index (χ2v) is 6.61. The van der Waals surface area contributed by atoms with Gasteiger partial charge in [0.15, 0.2) is 0 Å². The molecule has 2 aromatic rings. The van der Waals surface area contributed by atoms with Crippen LogP contribution in [0.25, 0.3) is 0 Å². The predicted molar refractivity (Wildman–Crippen MR) is 105 cm³/mol. The fraction of sp³-hybridized carbons (Fsp3) is 0.444. The van der Waals surface area contributed by atoms with E-state index in [0.717, 1.165) is 24.3 Å². The monoisotopic (exact) mass is 372 g/mol. The summed E-state index contributed by atoms with van der Waals surface area (Å²) >= 11 is 0. The highest BCUT2D eigenvalue weighted by Gasteiger charge is 2.29. The van der Waals surface area contributed by atoms with Crippen LogP contribution >= 0.6 is 0 Å². The number of anilines is 4. The SMILES string of the molecule is CCOc1ccc(Nc2nc(N)c([N+](=O)[O-])c(N3CCC(C)CC3)n2)cc1. The van der Waals surface area contributed by atoms with Crippen molar-refractivity contribution in [2.75, 3.05) is 35.6 Å². The van der Waals surface area contributed by atoms with E-state index in [2.05, 4.69) is 22.2 Å². The van der Waals surface area contributed by atoms with Gasteiger partial charge < -0.3 is 20.7 Å². The number of hydrogen-bond donors (Lipinski definition) is 2.